The highest BCUT2D eigenvalue weighted by molar-refractivity contribution is 5.82. The number of methoxy groups -OCH3 is 1. The van der Waals surface area contributed by atoms with Crippen molar-refractivity contribution in [2.75, 3.05) is 13.7 Å². The molecule has 1 rings (SSSR count). The Labute approximate surface area is 118 Å². The lowest BCUT2D eigenvalue weighted by molar-refractivity contribution is -0.138. The van der Waals surface area contributed by atoms with E-state index < -0.39 is 6.04 Å². The van der Waals surface area contributed by atoms with E-state index in [1.807, 2.05) is 32.6 Å². The van der Waals surface area contributed by atoms with Crippen LogP contribution in [0.5, 0.6) is 0 Å². The Morgan fingerprint density at radius 3 is 2.37 bits per heavy atom. The predicted molar refractivity (Wildman–Crippen MR) is 80.0 cm³/mol. The van der Waals surface area contributed by atoms with E-state index in [1.54, 1.807) is 7.11 Å². The minimum absolute atomic E-state index is 0.0283. The number of nitrogens with zero attached hydrogens (tertiary/aromatic N) is 1. The van der Waals surface area contributed by atoms with Crippen LogP contribution in [0.3, 0.4) is 0 Å². The number of likely N-dealkylation sites (N-methyl/N-ethyl adjacent to an activating group) is 1. The van der Waals surface area contributed by atoms with Crippen LogP contribution in [0.2, 0.25) is 0 Å². The van der Waals surface area contributed by atoms with E-state index in [0.717, 1.165) is 13.0 Å². The standard InChI is InChI=1S/C13H26N2O2.C2H6/c1-5-15(11-8-6-7-9(11)2)13(16)12(14)10(3)17-4;1-2/h9-12H,5-8,14H2,1-4H3;1-2H3. The fourth-order valence-corrected chi connectivity index (χ4v) is 2.68. The maximum Gasteiger partial charge on any atom is 0.242 e. The first-order valence-electron chi connectivity index (χ1n) is 7.61. The molecule has 1 aliphatic rings. The molecular weight excluding hydrogens is 240 g/mol. The van der Waals surface area contributed by atoms with E-state index in [1.165, 1.54) is 12.8 Å². The van der Waals surface area contributed by atoms with Gasteiger partial charge in [-0.05, 0) is 32.6 Å². The van der Waals surface area contributed by atoms with Crippen LogP contribution in [0.1, 0.15) is 53.9 Å². The Kier molecular flexibility index (Phi) is 9.02. The molecule has 1 saturated carbocycles. The van der Waals surface area contributed by atoms with Crippen LogP contribution < -0.4 is 5.73 Å². The van der Waals surface area contributed by atoms with Crippen LogP contribution in [0.25, 0.3) is 0 Å². The van der Waals surface area contributed by atoms with Crippen LogP contribution in [-0.2, 0) is 9.53 Å². The van der Waals surface area contributed by atoms with E-state index in [4.69, 9.17) is 10.5 Å². The summed E-state index contributed by atoms with van der Waals surface area (Å²) in [5.41, 5.74) is 5.94. The quantitative estimate of drug-likeness (QED) is 0.836. The number of ether oxygens (including phenoxy) is 1. The lowest BCUT2D eigenvalue weighted by atomic mass is 10.0. The number of hydrogen-bond acceptors (Lipinski definition) is 3. The van der Waals surface area contributed by atoms with Gasteiger partial charge < -0.3 is 15.4 Å². The molecule has 1 fully saturated rings. The highest BCUT2D eigenvalue weighted by atomic mass is 16.5. The molecule has 0 aromatic carbocycles. The van der Waals surface area contributed by atoms with E-state index in [2.05, 4.69) is 6.92 Å². The molecule has 0 radical (unpaired) electrons. The minimum atomic E-state index is -0.548. The Morgan fingerprint density at radius 2 is 2.00 bits per heavy atom. The number of amides is 1. The number of carbonyl (C=O) groups excluding carboxylic acids is 1. The van der Waals surface area contributed by atoms with Crippen LogP contribution >= 0.6 is 0 Å². The van der Waals surface area contributed by atoms with Crippen LogP contribution in [-0.4, -0.2) is 42.6 Å². The van der Waals surface area contributed by atoms with Crippen LogP contribution in [0, 0.1) is 5.92 Å². The summed E-state index contributed by atoms with van der Waals surface area (Å²) in [4.78, 5) is 14.3. The predicted octanol–water partition coefficient (Wildman–Crippen LogP) is 2.41. The van der Waals surface area contributed by atoms with E-state index in [9.17, 15) is 4.79 Å². The van der Waals surface area contributed by atoms with Gasteiger partial charge in [0.2, 0.25) is 5.91 Å². The third-order valence-electron chi connectivity index (χ3n) is 4.00. The van der Waals surface area contributed by atoms with Gasteiger partial charge >= 0.3 is 0 Å². The molecule has 0 heterocycles. The molecule has 0 saturated heterocycles. The Bertz CT molecular complexity index is 259. The minimum Gasteiger partial charge on any atom is -0.380 e. The van der Waals surface area contributed by atoms with Crippen molar-refractivity contribution in [3.63, 3.8) is 0 Å². The lowest BCUT2D eigenvalue weighted by Gasteiger charge is -2.34. The van der Waals surface area contributed by atoms with Gasteiger partial charge in [-0.15, -0.1) is 0 Å². The normalized spacial score (nSPS) is 25.2. The number of carbonyl (C=O) groups is 1. The molecule has 0 aromatic heterocycles. The summed E-state index contributed by atoms with van der Waals surface area (Å²) in [5, 5.41) is 0. The van der Waals surface area contributed by atoms with Gasteiger partial charge in [-0.1, -0.05) is 27.2 Å². The van der Waals surface area contributed by atoms with Crippen molar-refractivity contribution in [2.24, 2.45) is 11.7 Å². The topological polar surface area (TPSA) is 55.6 Å². The second kappa shape index (κ2) is 9.32. The fraction of sp³-hybridized carbons (Fsp3) is 0.933. The van der Waals surface area contributed by atoms with Gasteiger partial charge in [-0.3, -0.25) is 4.79 Å². The average Bonchev–Trinajstić information content (AvgIpc) is 2.86. The summed E-state index contributed by atoms with van der Waals surface area (Å²) in [7, 11) is 1.59. The zero-order chi connectivity index (χ0) is 15.0. The van der Waals surface area contributed by atoms with Crippen LogP contribution in [0.4, 0.5) is 0 Å². The smallest absolute Gasteiger partial charge is 0.242 e. The first-order valence-corrected chi connectivity index (χ1v) is 7.61. The van der Waals surface area contributed by atoms with Crippen molar-refractivity contribution in [3.8, 4) is 0 Å². The second-order valence-electron chi connectivity index (χ2n) is 5.07. The molecule has 2 N–H and O–H groups in total. The van der Waals surface area contributed by atoms with Crippen molar-refractivity contribution < 1.29 is 9.53 Å². The van der Waals surface area contributed by atoms with Gasteiger partial charge in [0.1, 0.15) is 6.04 Å². The van der Waals surface area contributed by atoms with E-state index in [0.29, 0.717) is 12.0 Å². The third-order valence-corrected chi connectivity index (χ3v) is 4.00. The number of nitrogens with two attached hydrogens (primary N) is 1. The Morgan fingerprint density at radius 1 is 1.42 bits per heavy atom. The molecule has 0 bridgehead atoms. The maximum absolute atomic E-state index is 12.3. The number of hydrogen-bond donors (Lipinski definition) is 1. The van der Waals surface area contributed by atoms with Crippen molar-refractivity contribution in [1.29, 1.82) is 0 Å². The van der Waals surface area contributed by atoms with Gasteiger partial charge in [0.15, 0.2) is 0 Å². The Balaban J connectivity index is 0.00000154. The van der Waals surface area contributed by atoms with Gasteiger partial charge in [0.25, 0.3) is 0 Å². The summed E-state index contributed by atoms with van der Waals surface area (Å²) in [6.07, 6.45) is 3.30. The second-order valence-corrected chi connectivity index (χ2v) is 5.07. The molecule has 4 nitrogen and oxygen atoms in total. The first-order chi connectivity index (χ1) is 9.02. The van der Waals surface area contributed by atoms with E-state index >= 15 is 0 Å². The van der Waals surface area contributed by atoms with E-state index in [-0.39, 0.29) is 12.0 Å². The molecular formula is C15H32N2O2. The molecule has 0 aliphatic heterocycles. The molecule has 19 heavy (non-hydrogen) atoms. The van der Waals surface area contributed by atoms with Crippen molar-refractivity contribution in [1.82, 2.24) is 4.90 Å². The summed E-state index contributed by atoms with van der Waals surface area (Å²) in [5.74, 6) is 0.615. The summed E-state index contributed by atoms with van der Waals surface area (Å²) < 4.78 is 5.14. The molecule has 1 amide bonds. The zero-order valence-corrected chi connectivity index (χ0v) is 13.5. The molecule has 0 aromatic rings. The molecule has 114 valence electrons. The fourth-order valence-electron chi connectivity index (χ4n) is 2.68. The molecule has 1 aliphatic carbocycles. The molecule has 4 atom stereocenters. The van der Waals surface area contributed by atoms with Crippen LogP contribution in [0.15, 0.2) is 0 Å². The van der Waals surface area contributed by atoms with Gasteiger partial charge in [0.05, 0.1) is 6.10 Å². The highest BCUT2D eigenvalue weighted by Gasteiger charge is 2.34. The van der Waals surface area contributed by atoms with Crippen molar-refractivity contribution in [2.45, 2.75) is 72.1 Å². The number of rotatable bonds is 5. The largest absolute Gasteiger partial charge is 0.380 e. The lowest BCUT2D eigenvalue weighted by Crippen LogP contribution is -2.53. The maximum atomic E-state index is 12.3. The summed E-state index contributed by atoms with van der Waals surface area (Å²) >= 11 is 0. The van der Waals surface area contributed by atoms with Gasteiger partial charge in [-0.2, -0.15) is 0 Å². The highest BCUT2D eigenvalue weighted by Crippen LogP contribution is 2.29. The summed E-state index contributed by atoms with van der Waals surface area (Å²) in [6, 6.07) is -0.185. The summed E-state index contributed by atoms with van der Waals surface area (Å²) in [6.45, 7) is 10.8. The zero-order valence-electron chi connectivity index (χ0n) is 13.5. The monoisotopic (exact) mass is 272 g/mol. The van der Waals surface area contributed by atoms with Crippen molar-refractivity contribution in [3.05, 3.63) is 0 Å². The molecule has 4 heteroatoms. The van der Waals surface area contributed by atoms with Gasteiger partial charge in [0, 0.05) is 19.7 Å². The average molecular weight is 272 g/mol. The molecule has 4 unspecified atom stereocenters. The van der Waals surface area contributed by atoms with Crippen molar-refractivity contribution >= 4 is 5.91 Å². The third kappa shape index (κ3) is 4.77. The molecule has 0 spiro atoms. The first kappa shape index (κ1) is 18.4. The van der Waals surface area contributed by atoms with Gasteiger partial charge in [-0.25, -0.2) is 0 Å². The Hall–Kier alpha value is -0.610. The SMILES string of the molecule is CC.CCN(C(=O)C(N)C(C)OC)C1CCCC1C.